The summed E-state index contributed by atoms with van der Waals surface area (Å²) in [4.78, 5) is 34.0. The maximum atomic E-state index is 13.1. The van der Waals surface area contributed by atoms with E-state index in [1.54, 1.807) is 24.3 Å². The van der Waals surface area contributed by atoms with Crippen LogP contribution in [-0.2, 0) is 5.41 Å². The first kappa shape index (κ1) is 19.6. The number of nitrogens with zero attached hydrogens (tertiary/aromatic N) is 4. The normalized spacial score (nSPS) is 11.4. The summed E-state index contributed by atoms with van der Waals surface area (Å²) >= 11 is 1.00. The van der Waals surface area contributed by atoms with Crippen molar-refractivity contribution in [2.45, 2.75) is 26.2 Å². The molecular formula is C20H17N5O4S. The van der Waals surface area contributed by atoms with Gasteiger partial charge in [0, 0.05) is 23.4 Å². The molecule has 9 nitrogen and oxygen atoms in total. The number of carbonyl (C=O) groups is 2. The van der Waals surface area contributed by atoms with Crippen molar-refractivity contribution in [1.29, 1.82) is 0 Å². The minimum Gasteiger partial charge on any atom is -0.463 e. The molecule has 4 rings (SSSR count). The zero-order valence-electron chi connectivity index (χ0n) is 16.4. The Hall–Kier alpha value is -3.66. The van der Waals surface area contributed by atoms with Gasteiger partial charge in [-0.25, -0.2) is 4.98 Å². The highest BCUT2D eigenvalue weighted by molar-refractivity contribution is 7.18. The molecule has 0 aliphatic rings. The molecule has 4 aromatic heterocycles. The van der Waals surface area contributed by atoms with Crippen LogP contribution in [0, 0.1) is 0 Å². The van der Waals surface area contributed by atoms with Crippen LogP contribution in [0.1, 0.15) is 52.6 Å². The Morgan fingerprint density at radius 3 is 2.50 bits per heavy atom. The molecule has 0 bridgehead atoms. The van der Waals surface area contributed by atoms with E-state index in [-0.39, 0.29) is 27.5 Å². The predicted octanol–water partition coefficient (Wildman–Crippen LogP) is 3.96. The summed E-state index contributed by atoms with van der Waals surface area (Å²) in [5, 5.41) is 10.8. The molecule has 152 valence electrons. The van der Waals surface area contributed by atoms with Crippen molar-refractivity contribution in [3.63, 3.8) is 0 Å². The van der Waals surface area contributed by atoms with Gasteiger partial charge in [0.15, 0.2) is 10.9 Å². The summed E-state index contributed by atoms with van der Waals surface area (Å²) in [5.74, 6) is -0.283. The number of pyridine rings is 1. The van der Waals surface area contributed by atoms with E-state index in [1.165, 1.54) is 18.7 Å². The van der Waals surface area contributed by atoms with Crippen LogP contribution in [0.25, 0.3) is 11.5 Å². The Balaban J connectivity index is 1.69. The van der Waals surface area contributed by atoms with E-state index < -0.39 is 11.2 Å². The van der Waals surface area contributed by atoms with Crippen LogP contribution in [0.4, 0.5) is 5.13 Å². The molecule has 0 radical (unpaired) electrons. The third-order valence-electron chi connectivity index (χ3n) is 4.01. The standard InChI is InChI=1S/C20H17N5O4S/c1-20(2,3)18-25-24-17(29-18)14(26)15-13(12-5-4-10-28-12)22-19(30-15)23-16(27)11-6-8-21-9-7-11/h4-10H,1-3H3,(H,22,23,27). The van der Waals surface area contributed by atoms with Gasteiger partial charge in [-0.15, -0.1) is 10.2 Å². The fraction of sp³-hybridized carbons (Fsp3) is 0.200. The molecule has 1 amide bonds. The van der Waals surface area contributed by atoms with Gasteiger partial charge >= 0.3 is 0 Å². The van der Waals surface area contributed by atoms with Gasteiger partial charge < -0.3 is 8.83 Å². The van der Waals surface area contributed by atoms with E-state index in [2.05, 4.69) is 25.5 Å². The molecule has 0 spiro atoms. The fourth-order valence-electron chi connectivity index (χ4n) is 2.50. The Labute approximate surface area is 175 Å². The number of anilines is 1. The van der Waals surface area contributed by atoms with Crippen LogP contribution in [0.3, 0.4) is 0 Å². The smallest absolute Gasteiger partial charge is 0.290 e. The van der Waals surface area contributed by atoms with Gasteiger partial charge in [-0.2, -0.15) is 0 Å². The van der Waals surface area contributed by atoms with Crippen molar-refractivity contribution in [3.8, 4) is 11.5 Å². The van der Waals surface area contributed by atoms with Gasteiger partial charge in [0.25, 0.3) is 17.6 Å². The van der Waals surface area contributed by atoms with Crippen LogP contribution in [0.15, 0.2) is 51.8 Å². The zero-order valence-corrected chi connectivity index (χ0v) is 17.2. The van der Waals surface area contributed by atoms with Gasteiger partial charge in [-0.1, -0.05) is 32.1 Å². The van der Waals surface area contributed by atoms with Gasteiger partial charge in [0.2, 0.25) is 5.89 Å². The van der Waals surface area contributed by atoms with E-state index in [1.807, 2.05) is 20.8 Å². The lowest BCUT2D eigenvalue weighted by atomic mass is 9.97. The molecule has 30 heavy (non-hydrogen) atoms. The predicted molar refractivity (Wildman–Crippen MR) is 108 cm³/mol. The fourth-order valence-corrected chi connectivity index (χ4v) is 3.39. The first-order valence-corrected chi connectivity index (χ1v) is 9.79. The largest absolute Gasteiger partial charge is 0.463 e. The van der Waals surface area contributed by atoms with E-state index in [0.29, 0.717) is 17.2 Å². The monoisotopic (exact) mass is 423 g/mol. The Morgan fingerprint density at radius 2 is 1.87 bits per heavy atom. The Morgan fingerprint density at radius 1 is 1.10 bits per heavy atom. The first-order valence-electron chi connectivity index (χ1n) is 8.97. The summed E-state index contributed by atoms with van der Waals surface area (Å²) in [6.45, 7) is 5.72. The van der Waals surface area contributed by atoms with Crippen molar-refractivity contribution < 1.29 is 18.4 Å². The second-order valence-electron chi connectivity index (χ2n) is 7.36. The molecule has 1 N–H and O–H groups in total. The molecule has 0 saturated heterocycles. The second-order valence-corrected chi connectivity index (χ2v) is 8.35. The summed E-state index contributed by atoms with van der Waals surface area (Å²) in [6, 6.07) is 6.51. The highest BCUT2D eigenvalue weighted by Crippen LogP contribution is 2.33. The Bertz CT molecular complexity index is 1190. The van der Waals surface area contributed by atoms with Gasteiger partial charge in [-0.05, 0) is 24.3 Å². The average Bonchev–Trinajstić information content (AvgIpc) is 3.47. The molecule has 0 unspecified atom stereocenters. The summed E-state index contributed by atoms with van der Waals surface area (Å²) in [5.41, 5.74) is 0.308. The lowest BCUT2D eigenvalue weighted by Gasteiger charge is -2.10. The van der Waals surface area contributed by atoms with Crippen LogP contribution < -0.4 is 5.32 Å². The van der Waals surface area contributed by atoms with Crippen molar-refractivity contribution in [2.24, 2.45) is 0 Å². The van der Waals surface area contributed by atoms with E-state index in [0.717, 1.165) is 11.3 Å². The number of hydrogen-bond donors (Lipinski definition) is 1. The lowest BCUT2D eigenvalue weighted by Crippen LogP contribution is -2.11. The molecule has 0 aliphatic heterocycles. The molecule has 0 aromatic carbocycles. The number of rotatable bonds is 5. The Kier molecular flexibility index (Phi) is 5.00. The number of hydrogen-bond acceptors (Lipinski definition) is 9. The SMILES string of the molecule is CC(C)(C)c1nnc(C(=O)c2sc(NC(=O)c3ccncc3)nc2-c2ccco2)o1. The van der Waals surface area contributed by atoms with Gasteiger partial charge in [0.1, 0.15) is 10.6 Å². The van der Waals surface area contributed by atoms with Crippen molar-refractivity contribution in [2.75, 3.05) is 5.32 Å². The van der Waals surface area contributed by atoms with E-state index in [4.69, 9.17) is 8.83 Å². The third-order valence-corrected chi connectivity index (χ3v) is 4.98. The van der Waals surface area contributed by atoms with Crippen molar-refractivity contribution in [3.05, 3.63) is 65.1 Å². The minimum absolute atomic E-state index is 0.150. The number of ketones is 1. The van der Waals surface area contributed by atoms with Crippen molar-refractivity contribution >= 4 is 28.2 Å². The average molecular weight is 423 g/mol. The molecule has 0 atom stereocenters. The third kappa shape index (κ3) is 3.90. The molecule has 0 saturated carbocycles. The molecule has 10 heteroatoms. The summed E-state index contributed by atoms with van der Waals surface area (Å²) in [6.07, 6.45) is 4.51. The van der Waals surface area contributed by atoms with Crippen LogP contribution in [-0.4, -0.2) is 31.9 Å². The maximum absolute atomic E-state index is 13.1. The zero-order chi connectivity index (χ0) is 21.3. The van der Waals surface area contributed by atoms with Crippen molar-refractivity contribution in [1.82, 2.24) is 20.2 Å². The second kappa shape index (κ2) is 7.64. The molecular weight excluding hydrogens is 406 g/mol. The number of thiazole rings is 1. The number of aromatic nitrogens is 4. The highest BCUT2D eigenvalue weighted by atomic mass is 32.1. The van der Waals surface area contributed by atoms with Crippen LogP contribution >= 0.6 is 11.3 Å². The number of furan rings is 1. The molecule has 4 heterocycles. The van der Waals surface area contributed by atoms with Crippen LogP contribution in [0.2, 0.25) is 0 Å². The molecule has 0 fully saturated rings. The quantitative estimate of drug-likeness (QED) is 0.478. The van der Waals surface area contributed by atoms with E-state index >= 15 is 0 Å². The van der Waals surface area contributed by atoms with E-state index in [9.17, 15) is 9.59 Å². The maximum Gasteiger partial charge on any atom is 0.290 e. The number of nitrogens with one attached hydrogen (secondary N) is 1. The van der Waals surface area contributed by atoms with Crippen LogP contribution in [0.5, 0.6) is 0 Å². The molecule has 4 aromatic rings. The molecule has 0 aliphatic carbocycles. The first-order chi connectivity index (χ1) is 14.3. The highest BCUT2D eigenvalue weighted by Gasteiger charge is 2.29. The summed E-state index contributed by atoms with van der Waals surface area (Å²) in [7, 11) is 0. The lowest BCUT2D eigenvalue weighted by molar-refractivity contribution is 0.100. The number of carbonyl (C=O) groups excluding carboxylic acids is 2. The van der Waals surface area contributed by atoms with Gasteiger partial charge in [0.05, 0.1) is 6.26 Å². The minimum atomic E-state index is -0.494. The van der Waals surface area contributed by atoms with Gasteiger partial charge in [-0.3, -0.25) is 19.9 Å². The summed E-state index contributed by atoms with van der Waals surface area (Å²) < 4.78 is 11.0. The number of amides is 1. The topological polar surface area (TPSA) is 124 Å².